The minimum Gasteiger partial charge on any atom is -0.375 e. The number of aromatic nitrogens is 4. The highest BCUT2D eigenvalue weighted by Crippen LogP contribution is 2.28. The number of nitrogens with zero attached hydrogens (tertiary/aromatic N) is 5. The summed E-state index contributed by atoms with van der Waals surface area (Å²) in [5.41, 5.74) is 2.30. The summed E-state index contributed by atoms with van der Waals surface area (Å²) >= 11 is 12.2. The third kappa shape index (κ3) is 3.88. The van der Waals surface area contributed by atoms with Crippen LogP contribution in [0.4, 0.5) is 5.69 Å². The molecule has 0 N–H and O–H groups in total. The molecule has 1 saturated heterocycles. The fourth-order valence-corrected chi connectivity index (χ4v) is 3.61. The molecule has 4 heterocycles. The first-order valence-corrected chi connectivity index (χ1v) is 9.92. The summed E-state index contributed by atoms with van der Waals surface area (Å²) in [4.78, 5) is 18.9. The summed E-state index contributed by atoms with van der Waals surface area (Å²) in [5, 5.41) is 8.93. The second kappa shape index (κ2) is 8.14. The van der Waals surface area contributed by atoms with E-state index in [4.69, 9.17) is 32.5 Å². The summed E-state index contributed by atoms with van der Waals surface area (Å²) < 4.78 is 12.2. The molecule has 1 aliphatic rings. The van der Waals surface area contributed by atoms with Gasteiger partial charge in [0, 0.05) is 37.0 Å². The molecule has 0 bridgehead atoms. The highest BCUT2D eigenvalue weighted by Gasteiger charge is 2.30. The van der Waals surface area contributed by atoms with Gasteiger partial charge in [0.2, 0.25) is 0 Å². The van der Waals surface area contributed by atoms with E-state index in [1.54, 1.807) is 31.5 Å². The van der Waals surface area contributed by atoms with E-state index in [1.165, 1.54) is 4.68 Å². The Balaban J connectivity index is 1.60. The molecular formula is C19H19Cl2N5O3. The number of pyridine rings is 1. The molecule has 8 nitrogen and oxygen atoms in total. The first kappa shape index (κ1) is 19.9. The Morgan fingerprint density at radius 1 is 1.28 bits per heavy atom. The van der Waals surface area contributed by atoms with Gasteiger partial charge in [-0.2, -0.15) is 5.10 Å². The molecule has 3 aromatic rings. The predicted octanol–water partition coefficient (Wildman–Crippen LogP) is 3.18. The zero-order valence-electron chi connectivity index (χ0n) is 15.9. The predicted molar refractivity (Wildman–Crippen MR) is 110 cm³/mol. The molecule has 4 rings (SSSR count). The average Bonchev–Trinajstić information content (AvgIpc) is 3.04. The van der Waals surface area contributed by atoms with Gasteiger partial charge in [-0.1, -0.05) is 28.4 Å². The van der Waals surface area contributed by atoms with Crippen LogP contribution in [0, 0.1) is 6.92 Å². The number of aryl methyl sites for hydroxylation is 1. The first-order valence-electron chi connectivity index (χ1n) is 9.17. The molecule has 0 amide bonds. The minimum absolute atomic E-state index is 0.138. The molecule has 0 radical (unpaired) electrons. The zero-order chi connectivity index (χ0) is 20.5. The van der Waals surface area contributed by atoms with Crippen molar-refractivity contribution in [2.24, 2.45) is 0 Å². The van der Waals surface area contributed by atoms with Crippen molar-refractivity contribution in [1.29, 1.82) is 0 Å². The van der Waals surface area contributed by atoms with Crippen molar-refractivity contribution in [3.63, 3.8) is 0 Å². The van der Waals surface area contributed by atoms with E-state index in [0.29, 0.717) is 42.0 Å². The fraction of sp³-hybridized carbons (Fsp3) is 0.368. The molecule has 0 unspecified atom stereocenters. The average molecular weight is 436 g/mol. The molecule has 0 saturated carbocycles. The summed E-state index contributed by atoms with van der Waals surface area (Å²) in [6.45, 7) is 5.96. The molecule has 3 aromatic heterocycles. The monoisotopic (exact) mass is 435 g/mol. The van der Waals surface area contributed by atoms with E-state index in [9.17, 15) is 4.79 Å². The Morgan fingerprint density at radius 3 is 2.76 bits per heavy atom. The fourth-order valence-electron chi connectivity index (χ4n) is 3.24. The van der Waals surface area contributed by atoms with Crippen molar-refractivity contribution >= 4 is 28.9 Å². The lowest BCUT2D eigenvalue weighted by molar-refractivity contribution is 0.0430. The van der Waals surface area contributed by atoms with Gasteiger partial charge in [-0.15, -0.1) is 0 Å². The summed E-state index contributed by atoms with van der Waals surface area (Å²) in [6, 6.07) is 3.46. The van der Waals surface area contributed by atoms with Crippen LogP contribution in [-0.2, 0) is 11.3 Å². The van der Waals surface area contributed by atoms with Gasteiger partial charge in [0.1, 0.15) is 21.6 Å². The van der Waals surface area contributed by atoms with Gasteiger partial charge >= 0.3 is 0 Å². The number of rotatable bonds is 6. The van der Waals surface area contributed by atoms with Crippen molar-refractivity contribution in [1.82, 2.24) is 19.9 Å². The van der Waals surface area contributed by atoms with Crippen molar-refractivity contribution in [3.05, 3.63) is 56.4 Å². The lowest BCUT2D eigenvalue weighted by Gasteiger charge is -2.40. The van der Waals surface area contributed by atoms with Crippen LogP contribution in [0.5, 0.6) is 0 Å². The van der Waals surface area contributed by atoms with Crippen LogP contribution in [0.15, 0.2) is 33.8 Å². The zero-order valence-corrected chi connectivity index (χ0v) is 17.4. The lowest BCUT2D eigenvalue weighted by atomic mass is 10.1. The van der Waals surface area contributed by atoms with Gasteiger partial charge in [-0.25, -0.2) is 9.67 Å². The number of anilines is 1. The van der Waals surface area contributed by atoms with E-state index in [2.05, 4.69) is 15.2 Å². The molecule has 0 aromatic carbocycles. The molecule has 29 heavy (non-hydrogen) atoms. The maximum Gasteiger partial charge on any atom is 0.287 e. The van der Waals surface area contributed by atoms with Gasteiger partial charge in [0.25, 0.3) is 5.56 Å². The molecule has 0 spiro atoms. The third-order valence-corrected chi connectivity index (χ3v) is 5.43. The van der Waals surface area contributed by atoms with Gasteiger partial charge in [-0.3, -0.25) is 4.79 Å². The van der Waals surface area contributed by atoms with Crippen molar-refractivity contribution < 1.29 is 9.26 Å². The van der Waals surface area contributed by atoms with Crippen LogP contribution in [0.25, 0.3) is 11.3 Å². The molecule has 1 fully saturated rings. The van der Waals surface area contributed by atoms with Crippen LogP contribution in [0.1, 0.15) is 18.2 Å². The largest absolute Gasteiger partial charge is 0.375 e. The quantitative estimate of drug-likeness (QED) is 0.549. The minimum atomic E-state index is -0.371. The van der Waals surface area contributed by atoms with Gasteiger partial charge in [0.15, 0.2) is 0 Å². The SMILES string of the molecule is CCOC1CN(c2cnn(Cc3c(-c4ccc(Cl)nc4)noc3C)c(=O)c2Cl)C1. The summed E-state index contributed by atoms with van der Waals surface area (Å²) in [5.74, 6) is 0.589. The second-order valence-electron chi connectivity index (χ2n) is 6.72. The molecule has 1 aliphatic heterocycles. The number of hydrogen-bond donors (Lipinski definition) is 0. The summed E-state index contributed by atoms with van der Waals surface area (Å²) in [6.07, 6.45) is 3.38. The van der Waals surface area contributed by atoms with E-state index in [-0.39, 0.29) is 23.2 Å². The maximum atomic E-state index is 12.8. The Morgan fingerprint density at radius 2 is 2.07 bits per heavy atom. The lowest BCUT2D eigenvalue weighted by Crippen LogP contribution is -2.53. The van der Waals surface area contributed by atoms with E-state index >= 15 is 0 Å². The standard InChI is InChI=1S/C19H19Cl2N5O3/c1-3-28-13-8-25(9-13)15-7-23-26(19(27)17(15)21)10-14-11(2)29-24-18(14)12-4-5-16(20)22-6-12/h4-7,13H,3,8-10H2,1-2H3. The van der Waals surface area contributed by atoms with E-state index < -0.39 is 0 Å². The van der Waals surface area contributed by atoms with Crippen LogP contribution < -0.4 is 10.5 Å². The van der Waals surface area contributed by atoms with E-state index in [1.807, 2.05) is 11.8 Å². The Bertz CT molecular complexity index is 1070. The number of ether oxygens (including phenoxy) is 1. The van der Waals surface area contributed by atoms with Crippen LogP contribution in [-0.4, -0.2) is 45.7 Å². The number of halogens is 2. The third-order valence-electron chi connectivity index (χ3n) is 4.85. The molecular weight excluding hydrogens is 417 g/mol. The number of hydrogen-bond acceptors (Lipinski definition) is 7. The van der Waals surface area contributed by atoms with Crippen LogP contribution in [0.3, 0.4) is 0 Å². The molecule has 0 atom stereocenters. The maximum absolute atomic E-state index is 12.8. The first-order chi connectivity index (χ1) is 14.0. The highest BCUT2D eigenvalue weighted by molar-refractivity contribution is 6.33. The second-order valence-corrected chi connectivity index (χ2v) is 7.49. The Hall–Kier alpha value is -2.42. The Kier molecular flexibility index (Phi) is 5.58. The highest BCUT2D eigenvalue weighted by atomic mass is 35.5. The van der Waals surface area contributed by atoms with Crippen molar-refractivity contribution in [2.75, 3.05) is 24.6 Å². The van der Waals surface area contributed by atoms with Crippen molar-refractivity contribution in [2.45, 2.75) is 26.5 Å². The smallest absolute Gasteiger partial charge is 0.287 e. The van der Waals surface area contributed by atoms with Crippen molar-refractivity contribution in [3.8, 4) is 11.3 Å². The van der Waals surface area contributed by atoms with Crippen LogP contribution >= 0.6 is 23.2 Å². The molecule has 10 heteroatoms. The van der Waals surface area contributed by atoms with Crippen LogP contribution in [0.2, 0.25) is 10.2 Å². The normalized spacial score (nSPS) is 14.3. The van der Waals surface area contributed by atoms with Gasteiger partial charge < -0.3 is 14.2 Å². The van der Waals surface area contributed by atoms with Gasteiger partial charge in [0.05, 0.1) is 24.5 Å². The van der Waals surface area contributed by atoms with E-state index in [0.717, 1.165) is 11.1 Å². The van der Waals surface area contributed by atoms with Gasteiger partial charge in [-0.05, 0) is 26.0 Å². The Labute approximate surface area is 177 Å². The molecule has 152 valence electrons. The topological polar surface area (TPSA) is 86.3 Å². The molecule has 0 aliphatic carbocycles. The summed E-state index contributed by atoms with van der Waals surface area (Å²) in [7, 11) is 0.